The number of carbonyl (C=O) groups excluding carboxylic acids is 1. The van der Waals surface area contributed by atoms with Crippen molar-refractivity contribution in [2.75, 3.05) is 17.4 Å². The molecule has 5 nitrogen and oxygen atoms in total. The minimum Gasteiger partial charge on any atom is -0.355 e. The smallest absolute Gasteiger partial charge is 0.264 e. The number of carbonyl (C=O) groups is 1. The second-order valence-corrected chi connectivity index (χ2v) is 9.71. The van der Waals surface area contributed by atoms with Crippen molar-refractivity contribution < 1.29 is 17.6 Å². The van der Waals surface area contributed by atoms with Crippen molar-refractivity contribution in [1.82, 2.24) is 5.32 Å². The summed E-state index contributed by atoms with van der Waals surface area (Å²) in [6.07, 6.45) is 1.40. The maximum Gasteiger partial charge on any atom is 0.264 e. The highest BCUT2D eigenvalue weighted by atomic mass is 35.5. The average Bonchev–Trinajstić information content (AvgIpc) is 2.79. The number of aryl methyl sites for hydroxylation is 1. The zero-order valence-corrected chi connectivity index (χ0v) is 19.3. The molecule has 1 amide bonds. The number of hydrogen-bond donors (Lipinski definition) is 1. The minimum atomic E-state index is -4.08. The van der Waals surface area contributed by atoms with Crippen LogP contribution in [0.25, 0.3) is 0 Å². The Kier molecular flexibility index (Phi) is 8.12. The summed E-state index contributed by atoms with van der Waals surface area (Å²) in [5.41, 5.74) is 1.18. The van der Waals surface area contributed by atoms with Crippen molar-refractivity contribution >= 4 is 44.8 Å². The normalized spacial score (nSPS) is 11.2. The third kappa shape index (κ3) is 6.22. The lowest BCUT2D eigenvalue weighted by Crippen LogP contribution is -2.41. The van der Waals surface area contributed by atoms with Gasteiger partial charge in [-0.25, -0.2) is 12.8 Å². The molecule has 0 radical (unpaired) electrons. The van der Waals surface area contributed by atoms with Gasteiger partial charge in [-0.2, -0.15) is 0 Å². The first-order chi connectivity index (χ1) is 15.3. The lowest BCUT2D eigenvalue weighted by molar-refractivity contribution is -0.119. The van der Waals surface area contributed by atoms with E-state index in [9.17, 15) is 17.6 Å². The molecule has 0 atom stereocenters. The summed E-state index contributed by atoms with van der Waals surface area (Å²) >= 11 is 11.7. The van der Waals surface area contributed by atoms with Crippen LogP contribution >= 0.6 is 23.2 Å². The fourth-order valence-corrected chi connectivity index (χ4v) is 4.77. The van der Waals surface area contributed by atoms with E-state index in [1.54, 1.807) is 30.3 Å². The van der Waals surface area contributed by atoms with E-state index in [1.165, 1.54) is 24.3 Å². The quantitative estimate of drug-likeness (QED) is 0.422. The van der Waals surface area contributed by atoms with Crippen LogP contribution in [0.1, 0.15) is 12.0 Å². The Bertz CT molecular complexity index is 1170. The molecule has 3 rings (SSSR count). The summed E-state index contributed by atoms with van der Waals surface area (Å²) in [4.78, 5) is 12.6. The van der Waals surface area contributed by atoms with Crippen LogP contribution in [0.5, 0.6) is 0 Å². The summed E-state index contributed by atoms with van der Waals surface area (Å²) in [5.74, 6) is -1.17. The number of rotatable bonds is 9. The fourth-order valence-electron chi connectivity index (χ4n) is 3.03. The zero-order chi connectivity index (χ0) is 23.1. The Hall–Kier alpha value is -2.61. The van der Waals surface area contributed by atoms with Gasteiger partial charge in [0.1, 0.15) is 12.4 Å². The molecule has 0 aliphatic rings. The van der Waals surface area contributed by atoms with Gasteiger partial charge >= 0.3 is 0 Å². The molecule has 3 aromatic rings. The summed E-state index contributed by atoms with van der Waals surface area (Å²) in [5, 5.41) is 3.15. The third-order valence-corrected chi connectivity index (χ3v) is 7.02. The van der Waals surface area contributed by atoms with Crippen molar-refractivity contribution in [2.45, 2.75) is 17.7 Å². The van der Waals surface area contributed by atoms with Crippen molar-refractivity contribution in [2.24, 2.45) is 0 Å². The lowest BCUT2D eigenvalue weighted by atomic mass is 10.1. The number of sulfonamides is 1. The minimum absolute atomic E-state index is 0.0102. The number of nitrogens with zero attached hydrogens (tertiary/aromatic N) is 1. The number of anilines is 1. The second-order valence-electron chi connectivity index (χ2n) is 7.00. The monoisotopic (exact) mass is 494 g/mol. The number of hydrogen-bond acceptors (Lipinski definition) is 3. The van der Waals surface area contributed by atoms with Crippen LogP contribution in [0, 0.1) is 5.82 Å². The molecule has 0 saturated heterocycles. The van der Waals surface area contributed by atoms with Crippen molar-refractivity contribution in [3.05, 3.63) is 94.2 Å². The molecule has 0 aliphatic heterocycles. The molecule has 0 saturated carbocycles. The van der Waals surface area contributed by atoms with E-state index in [1.807, 2.05) is 12.1 Å². The van der Waals surface area contributed by atoms with E-state index in [2.05, 4.69) is 5.32 Å². The van der Waals surface area contributed by atoms with Gasteiger partial charge in [-0.15, -0.1) is 0 Å². The first-order valence-corrected chi connectivity index (χ1v) is 12.0. The van der Waals surface area contributed by atoms with E-state index < -0.39 is 28.3 Å². The van der Waals surface area contributed by atoms with Crippen LogP contribution in [0.2, 0.25) is 10.0 Å². The Morgan fingerprint density at radius 2 is 1.66 bits per heavy atom. The summed E-state index contributed by atoms with van der Waals surface area (Å²) in [7, 11) is -4.08. The largest absolute Gasteiger partial charge is 0.355 e. The average molecular weight is 495 g/mol. The highest BCUT2D eigenvalue weighted by Crippen LogP contribution is 2.27. The number of nitrogens with one attached hydrogen (secondary N) is 1. The first-order valence-electron chi connectivity index (χ1n) is 9.81. The highest BCUT2D eigenvalue weighted by Gasteiger charge is 2.27. The highest BCUT2D eigenvalue weighted by molar-refractivity contribution is 7.92. The van der Waals surface area contributed by atoms with Crippen LogP contribution < -0.4 is 9.62 Å². The van der Waals surface area contributed by atoms with Gasteiger partial charge in [-0.05, 0) is 60.9 Å². The van der Waals surface area contributed by atoms with Crippen LogP contribution in [-0.2, 0) is 21.2 Å². The van der Waals surface area contributed by atoms with Crippen molar-refractivity contribution in [3.8, 4) is 0 Å². The van der Waals surface area contributed by atoms with E-state index in [-0.39, 0.29) is 15.6 Å². The summed E-state index contributed by atoms with van der Waals surface area (Å²) in [6, 6.07) is 18.7. The first kappa shape index (κ1) is 24.0. The molecule has 3 aromatic carbocycles. The standard InChI is InChI=1S/C23H21Cl2FN2O3S/c24-18-10-8-17(9-11-18)5-4-14-27-23(29)16-28(19-12-13-22(26)21(25)15-19)32(30,31)20-6-2-1-3-7-20/h1-3,6-13,15H,4-5,14,16H2,(H,27,29). The van der Waals surface area contributed by atoms with E-state index in [4.69, 9.17) is 23.2 Å². The topological polar surface area (TPSA) is 66.5 Å². The molecule has 1 N–H and O–H groups in total. The Balaban J connectivity index is 1.71. The number of halogens is 3. The van der Waals surface area contributed by atoms with E-state index in [0.717, 1.165) is 22.4 Å². The van der Waals surface area contributed by atoms with Gasteiger partial charge in [-0.1, -0.05) is 53.5 Å². The fraction of sp³-hybridized carbons (Fsp3) is 0.174. The Morgan fingerprint density at radius 3 is 2.31 bits per heavy atom. The van der Waals surface area contributed by atoms with Gasteiger partial charge < -0.3 is 5.32 Å². The van der Waals surface area contributed by atoms with Crippen LogP contribution in [0.15, 0.2) is 77.7 Å². The molecule has 168 valence electrons. The van der Waals surface area contributed by atoms with E-state index in [0.29, 0.717) is 18.0 Å². The maximum absolute atomic E-state index is 13.6. The van der Waals surface area contributed by atoms with Gasteiger partial charge in [-0.3, -0.25) is 9.10 Å². The SMILES string of the molecule is O=C(CN(c1ccc(F)c(Cl)c1)S(=O)(=O)c1ccccc1)NCCCc1ccc(Cl)cc1. The lowest BCUT2D eigenvalue weighted by Gasteiger charge is -2.24. The van der Waals surface area contributed by atoms with Gasteiger partial charge in [0.2, 0.25) is 5.91 Å². The molecule has 9 heteroatoms. The molecule has 0 aromatic heterocycles. The molecule has 0 heterocycles. The molecule has 0 fully saturated rings. The molecule has 32 heavy (non-hydrogen) atoms. The summed E-state index contributed by atoms with van der Waals surface area (Å²) in [6.45, 7) is -0.106. The molecule has 0 unspecified atom stereocenters. The third-order valence-electron chi connectivity index (χ3n) is 4.69. The van der Waals surface area contributed by atoms with E-state index >= 15 is 0 Å². The Labute approximate surface area is 196 Å². The molecule has 0 spiro atoms. The van der Waals surface area contributed by atoms with Crippen molar-refractivity contribution in [1.29, 1.82) is 0 Å². The summed E-state index contributed by atoms with van der Waals surface area (Å²) < 4.78 is 41.0. The predicted molar refractivity (Wildman–Crippen MR) is 125 cm³/mol. The van der Waals surface area contributed by atoms with Gasteiger partial charge in [0.15, 0.2) is 0 Å². The predicted octanol–water partition coefficient (Wildman–Crippen LogP) is 5.08. The van der Waals surface area contributed by atoms with Crippen molar-refractivity contribution in [3.63, 3.8) is 0 Å². The molecule has 0 aliphatic carbocycles. The molecular weight excluding hydrogens is 474 g/mol. The zero-order valence-electron chi connectivity index (χ0n) is 17.0. The van der Waals surface area contributed by atoms with Crippen LogP contribution in [0.4, 0.5) is 10.1 Å². The Morgan fingerprint density at radius 1 is 0.969 bits per heavy atom. The number of benzene rings is 3. The maximum atomic E-state index is 13.6. The van der Waals surface area contributed by atoms with Gasteiger partial charge in [0.05, 0.1) is 15.6 Å². The van der Waals surface area contributed by atoms with Gasteiger partial charge in [0.25, 0.3) is 10.0 Å². The molecule has 0 bridgehead atoms. The second kappa shape index (κ2) is 10.8. The van der Waals surface area contributed by atoms with Crippen LogP contribution in [0.3, 0.4) is 0 Å². The van der Waals surface area contributed by atoms with Crippen LogP contribution in [-0.4, -0.2) is 27.4 Å². The number of amides is 1. The molecular formula is C23H21Cl2FN2O3S. The van der Waals surface area contributed by atoms with Gasteiger partial charge in [0, 0.05) is 11.6 Å².